The van der Waals surface area contributed by atoms with Crippen LogP contribution in [-0.4, -0.2) is 19.8 Å². The summed E-state index contributed by atoms with van der Waals surface area (Å²) in [6.45, 7) is 1.87. The highest BCUT2D eigenvalue weighted by atomic mass is 32.2. The Morgan fingerprint density at radius 2 is 1.45 bits per heavy atom. The van der Waals surface area contributed by atoms with Crippen LogP contribution in [0.3, 0.4) is 0 Å². The van der Waals surface area contributed by atoms with E-state index in [0.29, 0.717) is 5.56 Å². The van der Waals surface area contributed by atoms with Crippen LogP contribution in [0.1, 0.15) is 16.7 Å². The Labute approximate surface area is 176 Å². The number of hydrogen-bond acceptors (Lipinski definition) is 5. The van der Waals surface area contributed by atoms with Crippen LogP contribution in [0.4, 0.5) is 0 Å². The van der Waals surface area contributed by atoms with Gasteiger partial charge in [-0.05, 0) is 36.4 Å². The van der Waals surface area contributed by atoms with Gasteiger partial charge in [0.15, 0.2) is 5.60 Å². The van der Waals surface area contributed by atoms with Crippen LogP contribution in [-0.2, 0) is 31.1 Å². The molecule has 0 aliphatic heterocycles. The molecule has 0 saturated carbocycles. The minimum absolute atomic E-state index is 0.0189. The second-order valence-electron chi connectivity index (χ2n) is 6.70. The SMILES string of the molecule is CSC(=O)C(Cc1ccccc1)(OS(=O)(=O)c1ccc(C)cc1)c1ccccc1. The van der Waals surface area contributed by atoms with E-state index >= 15 is 0 Å². The van der Waals surface area contributed by atoms with Crippen molar-refractivity contribution in [3.8, 4) is 0 Å². The highest BCUT2D eigenvalue weighted by Gasteiger charge is 2.45. The molecule has 150 valence electrons. The Hall–Kier alpha value is -2.41. The fourth-order valence-corrected chi connectivity index (χ4v) is 4.88. The van der Waals surface area contributed by atoms with Crippen molar-refractivity contribution in [1.82, 2.24) is 0 Å². The van der Waals surface area contributed by atoms with Crippen LogP contribution in [0, 0.1) is 6.92 Å². The van der Waals surface area contributed by atoms with Gasteiger partial charge in [-0.15, -0.1) is 0 Å². The third kappa shape index (κ3) is 4.78. The summed E-state index contributed by atoms with van der Waals surface area (Å²) in [5, 5.41) is -0.372. The minimum atomic E-state index is -4.19. The molecule has 3 aromatic carbocycles. The largest absolute Gasteiger partial charge is 0.298 e. The molecule has 1 atom stereocenters. The molecule has 0 radical (unpaired) electrons. The number of thioether (sulfide) groups is 1. The first kappa shape index (κ1) is 21.3. The number of carbonyl (C=O) groups is 1. The first-order valence-electron chi connectivity index (χ1n) is 9.07. The maximum Gasteiger partial charge on any atom is 0.298 e. The summed E-state index contributed by atoms with van der Waals surface area (Å²) in [5.41, 5.74) is 0.561. The van der Waals surface area contributed by atoms with E-state index in [2.05, 4.69) is 0 Å². The van der Waals surface area contributed by atoms with Gasteiger partial charge in [0.25, 0.3) is 10.1 Å². The third-order valence-electron chi connectivity index (χ3n) is 4.61. The van der Waals surface area contributed by atoms with E-state index in [0.717, 1.165) is 22.9 Å². The Balaban J connectivity index is 2.15. The van der Waals surface area contributed by atoms with E-state index in [9.17, 15) is 13.2 Å². The van der Waals surface area contributed by atoms with Gasteiger partial charge >= 0.3 is 0 Å². The van der Waals surface area contributed by atoms with Crippen molar-refractivity contribution in [2.24, 2.45) is 0 Å². The Bertz CT molecular complexity index is 1060. The molecule has 1 unspecified atom stereocenters. The minimum Gasteiger partial charge on any atom is -0.283 e. The molecule has 3 rings (SSSR count). The van der Waals surface area contributed by atoms with E-state index < -0.39 is 15.7 Å². The maximum atomic E-state index is 13.2. The molecule has 0 spiro atoms. The van der Waals surface area contributed by atoms with Crippen LogP contribution < -0.4 is 0 Å². The van der Waals surface area contributed by atoms with E-state index in [4.69, 9.17) is 4.18 Å². The first-order chi connectivity index (χ1) is 13.9. The summed E-state index contributed by atoms with van der Waals surface area (Å²) in [7, 11) is -4.19. The van der Waals surface area contributed by atoms with Crippen molar-refractivity contribution < 1.29 is 17.4 Å². The third-order valence-corrected chi connectivity index (χ3v) is 6.67. The summed E-state index contributed by atoms with van der Waals surface area (Å²) < 4.78 is 32.1. The van der Waals surface area contributed by atoms with Gasteiger partial charge in [-0.25, -0.2) is 4.18 Å². The second-order valence-corrected chi connectivity index (χ2v) is 9.02. The zero-order valence-electron chi connectivity index (χ0n) is 16.2. The molecule has 0 N–H and O–H groups in total. The summed E-state index contributed by atoms with van der Waals surface area (Å²) in [5.74, 6) is 0. The second kappa shape index (κ2) is 8.95. The number of aryl methyl sites for hydroxylation is 1. The van der Waals surface area contributed by atoms with Crippen LogP contribution in [0.5, 0.6) is 0 Å². The average molecular weight is 427 g/mol. The summed E-state index contributed by atoms with van der Waals surface area (Å²) in [6.07, 6.45) is 1.73. The standard InChI is InChI=1S/C23H22O4S2/c1-18-13-15-21(16-14-18)29(25,26)27-23(22(24)28-2,20-11-7-4-8-12-20)17-19-9-5-3-6-10-19/h3-16H,17H2,1-2H3. The van der Waals surface area contributed by atoms with Gasteiger partial charge in [0.1, 0.15) is 0 Å². The number of benzene rings is 3. The molecule has 0 amide bonds. The molecule has 0 aromatic heterocycles. The lowest BCUT2D eigenvalue weighted by molar-refractivity contribution is -0.125. The molecule has 6 heteroatoms. The van der Waals surface area contributed by atoms with Gasteiger partial charge in [-0.3, -0.25) is 4.79 Å². The normalized spacial score (nSPS) is 13.6. The molecule has 0 saturated heterocycles. The highest BCUT2D eigenvalue weighted by molar-refractivity contribution is 8.13. The van der Waals surface area contributed by atoms with Gasteiger partial charge in [-0.1, -0.05) is 90.1 Å². The van der Waals surface area contributed by atoms with Crippen molar-refractivity contribution in [3.63, 3.8) is 0 Å². The molecule has 4 nitrogen and oxygen atoms in total. The molecule has 0 fully saturated rings. The smallest absolute Gasteiger partial charge is 0.283 e. The number of hydrogen-bond donors (Lipinski definition) is 0. The zero-order valence-corrected chi connectivity index (χ0v) is 17.9. The van der Waals surface area contributed by atoms with Crippen molar-refractivity contribution in [2.45, 2.75) is 23.8 Å². The average Bonchev–Trinajstić information content (AvgIpc) is 2.74. The summed E-state index contributed by atoms with van der Waals surface area (Å²) in [4.78, 5) is 13.2. The van der Waals surface area contributed by atoms with Gasteiger partial charge in [0, 0.05) is 6.42 Å². The maximum absolute atomic E-state index is 13.2. The van der Waals surface area contributed by atoms with Gasteiger partial charge < -0.3 is 0 Å². The summed E-state index contributed by atoms with van der Waals surface area (Å²) in [6, 6.07) is 24.5. The Kier molecular flexibility index (Phi) is 6.57. The molecule has 0 aliphatic rings. The summed E-state index contributed by atoms with van der Waals surface area (Å²) >= 11 is 0.956. The van der Waals surface area contributed by atoms with Crippen LogP contribution in [0.2, 0.25) is 0 Å². The first-order valence-corrected chi connectivity index (χ1v) is 11.7. The molecule has 0 heterocycles. The Morgan fingerprint density at radius 1 is 0.897 bits per heavy atom. The van der Waals surface area contributed by atoms with Gasteiger partial charge in [0.05, 0.1) is 4.90 Å². The number of rotatable bonds is 7. The quantitative estimate of drug-likeness (QED) is 0.511. The molecule has 0 aliphatic carbocycles. The lowest BCUT2D eigenvalue weighted by atomic mass is 9.88. The fourth-order valence-electron chi connectivity index (χ4n) is 3.10. The molecule has 29 heavy (non-hydrogen) atoms. The topological polar surface area (TPSA) is 60.4 Å². The van der Waals surface area contributed by atoms with E-state index in [-0.39, 0.29) is 16.4 Å². The fraction of sp³-hybridized carbons (Fsp3) is 0.174. The van der Waals surface area contributed by atoms with E-state index in [1.165, 1.54) is 12.1 Å². The van der Waals surface area contributed by atoms with Crippen LogP contribution >= 0.6 is 11.8 Å². The molecular formula is C23H22O4S2. The van der Waals surface area contributed by atoms with E-state index in [1.54, 1.807) is 42.7 Å². The van der Waals surface area contributed by atoms with Crippen LogP contribution in [0.25, 0.3) is 0 Å². The van der Waals surface area contributed by atoms with Gasteiger partial charge in [0.2, 0.25) is 5.12 Å². The lowest BCUT2D eigenvalue weighted by Crippen LogP contribution is -2.41. The van der Waals surface area contributed by atoms with Crippen molar-refractivity contribution in [2.75, 3.05) is 6.26 Å². The molecule has 3 aromatic rings. The number of carbonyl (C=O) groups excluding carboxylic acids is 1. The predicted molar refractivity (Wildman–Crippen MR) is 116 cm³/mol. The zero-order chi connectivity index (χ0) is 20.9. The predicted octanol–water partition coefficient (Wildman–Crippen LogP) is 4.73. The lowest BCUT2D eigenvalue weighted by Gasteiger charge is -2.31. The molecule has 0 bridgehead atoms. The Morgan fingerprint density at radius 3 is 2.00 bits per heavy atom. The molecular weight excluding hydrogens is 404 g/mol. The van der Waals surface area contributed by atoms with Crippen molar-refractivity contribution in [3.05, 3.63) is 102 Å². The van der Waals surface area contributed by atoms with Crippen molar-refractivity contribution in [1.29, 1.82) is 0 Å². The van der Waals surface area contributed by atoms with E-state index in [1.807, 2.05) is 43.3 Å². The van der Waals surface area contributed by atoms with Gasteiger partial charge in [-0.2, -0.15) is 8.42 Å². The van der Waals surface area contributed by atoms with Crippen LogP contribution in [0.15, 0.2) is 89.8 Å². The monoisotopic (exact) mass is 426 g/mol. The highest BCUT2D eigenvalue weighted by Crippen LogP contribution is 2.37. The van der Waals surface area contributed by atoms with Crippen molar-refractivity contribution >= 4 is 27.0 Å².